The zero-order valence-corrected chi connectivity index (χ0v) is 12.6. The van der Waals surface area contributed by atoms with Gasteiger partial charge in [-0.3, -0.25) is 4.79 Å². The monoisotopic (exact) mass is 268 g/mol. The summed E-state index contributed by atoms with van der Waals surface area (Å²) < 4.78 is 0. The molecule has 18 heavy (non-hydrogen) atoms. The predicted octanol–water partition coefficient (Wildman–Crippen LogP) is 4.84. The van der Waals surface area contributed by atoms with Crippen molar-refractivity contribution in [2.75, 3.05) is 5.75 Å². The van der Waals surface area contributed by atoms with Gasteiger partial charge in [0.1, 0.15) is 5.78 Å². The summed E-state index contributed by atoms with van der Waals surface area (Å²) in [6.07, 6.45) is 12.8. The van der Waals surface area contributed by atoms with Crippen molar-refractivity contribution in [3.63, 3.8) is 0 Å². The van der Waals surface area contributed by atoms with Crippen LogP contribution in [0.3, 0.4) is 0 Å². The second-order valence-corrected chi connectivity index (χ2v) is 7.43. The van der Waals surface area contributed by atoms with Crippen molar-refractivity contribution in [1.29, 1.82) is 0 Å². The number of rotatable bonds is 5. The summed E-state index contributed by atoms with van der Waals surface area (Å²) >= 11 is 1.93. The highest BCUT2D eigenvalue weighted by atomic mass is 32.2. The number of unbranched alkanes of at least 4 members (excludes halogenated alkanes) is 1. The Labute approximate surface area is 116 Å². The zero-order chi connectivity index (χ0) is 12.8. The molecule has 2 aliphatic rings. The number of ketones is 1. The van der Waals surface area contributed by atoms with Crippen LogP contribution in [0.25, 0.3) is 0 Å². The lowest BCUT2D eigenvalue weighted by Crippen LogP contribution is -2.30. The Bertz CT molecular complexity index is 250. The normalized spacial score (nSPS) is 33.3. The SMILES string of the molecule is CCCCC1CCC(C(=O)C2CCCCS2)CC1. The Morgan fingerprint density at radius 1 is 1.11 bits per heavy atom. The Hall–Kier alpha value is 0.0200. The lowest BCUT2D eigenvalue weighted by Gasteiger charge is -2.31. The van der Waals surface area contributed by atoms with Crippen LogP contribution in [-0.4, -0.2) is 16.8 Å². The van der Waals surface area contributed by atoms with Crippen molar-refractivity contribution in [2.45, 2.75) is 76.4 Å². The molecule has 0 aromatic carbocycles. The van der Waals surface area contributed by atoms with Crippen LogP contribution in [0.15, 0.2) is 0 Å². The lowest BCUT2D eigenvalue weighted by molar-refractivity contribution is -0.123. The van der Waals surface area contributed by atoms with Crippen LogP contribution in [0, 0.1) is 11.8 Å². The summed E-state index contributed by atoms with van der Waals surface area (Å²) in [5.74, 6) is 3.16. The van der Waals surface area contributed by atoms with Crippen LogP contribution in [0.4, 0.5) is 0 Å². The standard InChI is InChI=1S/C16H28OS/c1-2-3-6-13-8-10-14(11-9-13)16(17)15-7-4-5-12-18-15/h13-15H,2-12H2,1H3. The summed E-state index contributed by atoms with van der Waals surface area (Å²) in [5, 5.41) is 0.357. The highest BCUT2D eigenvalue weighted by Crippen LogP contribution is 2.36. The number of carbonyl (C=O) groups is 1. The van der Waals surface area contributed by atoms with E-state index in [9.17, 15) is 4.79 Å². The van der Waals surface area contributed by atoms with Crippen molar-refractivity contribution in [3.8, 4) is 0 Å². The van der Waals surface area contributed by atoms with Crippen molar-refractivity contribution in [1.82, 2.24) is 0 Å². The van der Waals surface area contributed by atoms with Crippen LogP contribution in [0.1, 0.15) is 71.1 Å². The summed E-state index contributed by atoms with van der Waals surface area (Å²) in [6, 6.07) is 0. The van der Waals surface area contributed by atoms with E-state index >= 15 is 0 Å². The molecule has 2 rings (SSSR count). The van der Waals surface area contributed by atoms with Gasteiger partial charge >= 0.3 is 0 Å². The first-order chi connectivity index (χ1) is 8.81. The van der Waals surface area contributed by atoms with E-state index < -0.39 is 0 Å². The number of hydrogen-bond acceptors (Lipinski definition) is 2. The molecule has 1 atom stereocenters. The van der Waals surface area contributed by atoms with E-state index in [4.69, 9.17) is 0 Å². The largest absolute Gasteiger partial charge is 0.298 e. The quantitative estimate of drug-likeness (QED) is 0.710. The molecule has 1 aliphatic carbocycles. The van der Waals surface area contributed by atoms with Gasteiger partial charge in [0, 0.05) is 5.92 Å². The van der Waals surface area contributed by atoms with Crippen LogP contribution in [-0.2, 0) is 4.79 Å². The molecule has 2 fully saturated rings. The average molecular weight is 268 g/mol. The summed E-state index contributed by atoms with van der Waals surface area (Å²) in [7, 11) is 0. The van der Waals surface area contributed by atoms with Crippen molar-refractivity contribution >= 4 is 17.5 Å². The zero-order valence-electron chi connectivity index (χ0n) is 11.8. The fourth-order valence-corrected chi connectivity index (χ4v) is 4.80. The Morgan fingerprint density at radius 3 is 2.50 bits per heavy atom. The maximum atomic E-state index is 12.5. The molecule has 104 valence electrons. The van der Waals surface area contributed by atoms with Crippen LogP contribution in [0.2, 0.25) is 0 Å². The molecule has 1 nitrogen and oxygen atoms in total. The van der Waals surface area contributed by atoms with Crippen LogP contribution < -0.4 is 0 Å². The predicted molar refractivity (Wildman–Crippen MR) is 80.1 cm³/mol. The first kappa shape index (κ1) is 14.4. The molecule has 0 amide bonds. The van der Waals surface area contributed by atoms with E-state index in [1.807, 2.05) is 11.8 Å². The van der Waals surface area contributed by atoms with Gasteiger partial charge in [-0.2, -0.15) is 11.8 Å². The van der Waals surface area contributed by atoms with E-state index in [-0.39, 0.29) is 0 Å². The topological polar surface area (TPSA) is 17.1 Å². The molecule has 0 aromatic heterocycles. The van der Waals surface area contributed by atoms with Gasteiger partial charge in [-0.1, -0.05) is 32.6 Å². The maximum Gasteiger partial charge on any atom is 0.148 e. The van der Waals surface area contributed by atoms with Crippen molar-refractivity contribution in [3.05, 3.63) is 0 Å². The molecule has 1 unspecified atom stereocenters. The third kappa shape index (κ3) is 4.01. The van der Waals surface area contributed by atoms with Gasteiger partial charge in [0.25, 0.3) is 0 Å². The van der Waals surface area contributed by atoms with Gasteiger partial charge in [-0.05, 0) is 50.2 Å². The average Bonchev–Trinajstić information content (AvgIpc) is 2.46. The van der Waals surface area contributed by atoms with Crippen molar-refractivity contribution in [2.24, 2.45) is 11.8 Å². The van der Waals surface area contributed by atoms with Crippen molar-refractivity contribution < 1.29 is 4.79 Å². The molecule has 0 radical (unpaired) electrons. The van der Waals surface area contributed by atoms with Crippen LogP contribution >= 0.6 is 11.8 Å². The molecular formula is C16H28OS. The molecule has 2 heteroatoms. The molecule has 0 bridgehead atoms. The van der Waals surface area contributed by atoms with Gasteiger partial charge in [0.05, 0.1) is 5.25 Å². The number of thioether (sulfide) groups is 1. The molecule has 1 heterocycles. The second-order valence-electron chi connectivity index (χ2n) is 6.12. The lowest BCUT2D eigenvalue weighted by atomic mass is 9.77. The highest BCUT2D eigenvalue weighted by molar-refractivity contribution is 8.00. The number of hydrogen-bond donors (Lipinski definition) is 0. The van der Waals surface area contributed by atoms with Gasteiger partial charge in [0.15, 0.2) is 0 Å². The highest BCUT2D eigenvalue weighted by Gasteiger charge is 2.31. The molecule has 0 aromatic rings. The Morgan fingerprint density at radius 2 is 1.89 bits per heavy atom. The summed E-state index contributed by atoms with van der Waals surface area (Å²) in [5.41, 5.74) is 0. The molecule has 1 saturated heterocycles. The van der Waals surface area contributed by atoms with E-state index in [0.717, 1.165) is 12.3 Å². The third-order valence-electron chi connectivity index (χ3n) is 4.71. The maximum absolute atomic E-state index is 12.5. The van der Waals surface area contributed by atoms with E-state index in [1.54, 1.807) is 0 Å². The van der Waals surface area contributed by atoms with Gasteiger partial charge < -0.3 is 0 Å². The Kier molecular flexibility index (Phi) is 6.07. The minimum absolute atomic E-state index is 0.357. The van der Waals surface area contributed by atoms with E-state index in [0.29, 0.717) is 17.0 Å². The minimum Gasteiger partial charge on any atom is -0.298 e. The van der Waals surface area contributed by atoms with Crippen LogP contribution in [0.5, 0.6) is 0 Å². The first-order valence-corrected chi connectivity index (χ1v) is 9.01. The number of Topliss-reactive ketones (excluding diaryl/α,β-unsaturated/α-hetero) is 1. The first-order valence-electron chi connectivity index (χ1n) is 7.96. The summed E-state index contributed by atoms with van der Waals surface area (Å²) in [4.78, 5) is 12.5. The van der Waals surface area contributed by atoms with Gasteiger partial charge in [0.2, 0.25) is 0 Å². The molecule has 0 N–H and O–H groups in total. The Balaban J connectivity index is 1.73. The number of carbonyl (C=O) groups excluding carboxylic acids is 1. The smallest absolute Gasteiger partial charge is 0.148 e. The minimum atomic E-state index is 0.357. The molecule has 0 spiro atoms. The second kappa shape index (κ2) is 7.57. The fraction of sp³-hybridized carbons (Fsp3) is 0.938. The molecular weight excluding hydrogens is 240 g/mol. The third-order valence-corrected chi connectivity index (χ3v) is 6.11. The van der Waals surface area contributed by atoms with E-state index in [2.05, 4.69) is 6.92 Å². The summed E-state index contributed by atoms with van der Waals surface area (Å²) in [6.45, 7) is 2.27. The van der Waals surface area contributed by atoms with Gasteiger partial charge in [-0.25, -0.2) is 0 Å². The van der Waals surface area contributed by atoms with Gasteiger partial charge in [-0.15, -0.1) is 0 Å². The fourth-order valence-electron chi connectivity index (χ4n) is 3.46. The molecule has 1 saturated carbocycles. The van der Waals surface area contributed by atoms with E-state index in [1.165, 1.54) is 63.5 Å². The molecule has 1 aliphatic heterocycles.